The van der Waals surface area contributed by atoms with Crippen molar-refractivity contribution in [2.45, 2.75) is 315 Å². The standard InChI is InChI=1S/C66H110O32/c1-62(2)26-9-12-37-64(5,27(26)10-13-38(62)96-61-56(98-59-52(84)47(79)41(73)33(21-69)93-59)49(81)43(75)36(95-61)24-88-58-51(83)46(78)40(72)32(20-68)92-58)16-17-65(6)28(14-15-66(37,65)7)29-11-8-25(63(3,4)86)18-30-54(97-60-53(85)55(90-29)44(76)34(22-70)94-60)48(80)42(74)35(89-30)23-87-57-50(82)45(77)39(71)31(19-67)91-57/h9,25,27-61,67-86H,8,10-24H2,1-7H3. The van der Waals surface area contributed by atoms with Crippen LogP contribution in [0, 0.1) is 45.3 Å². The first-order chi connectivity index (χ1) is 46.1. The lowest BCUT2D eigenvalue weighted by Gasteiger charge is -2.66. The summed E-state index contributed by atoms with van der Waals surface area (Å²) in [7, 11) is 0. The highest BCUT2D eigenvalue weighted by molar-refractivity contribution is 5.31. The predicted molar refractivity (Wildman–Crippen MR) is 328 cm³/mol. The van der Waals surface area contributed by atoms with Crippen LogP contribution in [0.2, 0.25) is 0 Å². The van der Waals surface area contributed by atoms with Crippen molar-refractivity contribution in [1.29, 1.82) is 0 Å². The number of ether oxygens (including phenoxy) is 12. The van der Waals surface area contributed by atoms with Crippen LogP contribution in [0.4, 0.5) is 0 Å². The predicted octanol–water partition coefficient (Wildman–Crippen LogP) is -6.12. The maximum absolute atomic E-state index is 12.3. The summed E-state index contributed by atoms with van der Waals surface area (Å²) in [6.07, 6.45) is -42.7. The van der Waals surface area contributed by atoms with Crippen LogP contribution in [0.5, 0.6) is 0 Å². The molecule has 0 amide bonds. The number of hydrogen-bond acceptors (Lipinski definition) is 32. The highest BCUT2D eigenvalue weighted by Gasteiger charge is 2.69. The van der Waals surface area contributed by atoms with Crippen LogP contribution in [0.25, 0.3) is 0 Å². The first-order valence-electron chi connectivity index (χ1n) is 35.0. The molecule has 39 atom stereocenters. The van der Waals surface area contributed by atoms with Crippen LogP contribution in [-0.4, -0.2) is 344 Å². The van der Waals surface area contributed by atoms with Crippen molar-refractivity contribution < 1.29 is 159 Å². The van der Waals surface area contributed by atoms with E-state index >= 15 is 0 Å². The SMILES string of the molecule is CC(C)(O)C1CCC(C2CCC3(C)C4CC=C5C(CCC(OC6OC(COC7OC(CO)C(O)C(O)C7O)C(O)C(O)C6OC6OC(CO)C(O)C(O)C6O)C5(C)C)C4(C)CCC23C)OC2C(O)C(CO)OC(OC3C(C1)OC(COC1OC(CO)C(O)C(O)C1O)C(O)C3O)C2O. The van der Waals surface area contributed by atoms with Crippen molar-refractivity contribution in [1.82, 2.24) is 0 Å². The van der Waals surface area contributed by atoms with Crippen LogP contribution in [0.1, 0.15) is 113 Å². The number of allylic oxidation sites excluding steroid dienone is 1. The lowest BCUT2D eigenvalue weighted by molar-refractivity contribution is -0.379. The lowest BCUT2D eigenvalue weighted by atomic mass is 9.39. The summed E-state index contributed by atoms with van der Waals surface area (Å²) in [6, 6.07) is 0. The molecule has 20 N–H and O–H groups in total. The largest absolute Gasteiger partial charge is 0.394 e. The van der Waals surface area contributed by atoms with Gasteiger partial charge in [0.05, 0.1) is 63.6 Å². The number of aliphatic hydroxyl groups is 20. The molecule has 39 unspecified atom stereocenters. The van der Waals surface area contributed by atoms with Gasteiger partial charge in [0.25, 0.3) is 0 Å². The van der Waals surface area contributed by atoms with Crippen LogP contribution in [-0.2, 0) is 56.8 Å². The molecule has 32 heteroatoms. The zero-order chi connectivity index (χ0) is 71.4. The number of rotatable bonds is 16. The molecule has 10 fully saturated rings. The monoisotopic (exact) mass is 1410 g/mol. The van der Waals surface area contributed by atoms with Crippen LogP contribution in [0.3, 0.4) is 0 Å². The van der Waals surface area contributed by atoms with E-state index < -0.39 is 258 Å². The fourth-order valence-corrected chi connectivity index (χ4v) is 19.1. The first kappa shape index (κ1) is 77.6. The smallest absolute Gasteiger partial charge is 0.187 e. The van der Waals surface area contributed by atoms with Crippen LogP contribution >= 0.6 is 0 Å². The van der Waals surface area contributed by atoms with Gasteiger partial charge in [-0.05, 0) is 118 Å². The molecule has 32 nitrogen and oxygen atoms in total. The Bertz CT molecular complexity index is 2650. The number of aliphatic hydroxyl groups excluding tert-OH is 19. The topological polar surface area (TPSA) is 515 Å². The molecule has 3 saturated carbocycles. The fraction of sp³-hybridized carbons (Fsp3) is 0.970. The van der Waals surface area contributed by atoms with Gasteiger partial charge in [-0.25, -0.2) is 0 Å². The van der Waals surface area contributed by atoms with Gasteiger partial charge in [-0.15, -0.1) is 0 Å². The second-order valence-electron chi connectivity index (χ2n) is 31.6. The van der Waals surface area contributed by atoms with Crippen molar-refractivity contribution >= 4 is 0 Å². The van der Waals surface area contributed by atoms with Gasteiger partial charge < -0.3 is 159 Å². The minimum Gasteiger partial charge on any atom is -0.394 e. The van der Waals surface area contributed by atoms with Gasteiger partial charge in [0.2, 0.25) is 0 Å². The van der Waals surface area contributed by atoms with E-state index in [9.17, 15) is 102 Å². The van der Waals surface area contributed by atoms with E-state index in [0.29, 0.717) is 32.1 Å². The second kappa shape index (κ2) is 30.0. The zero-order valence-electron chi connectivity index (χ0n) is 56.5. The maximum atomic E-state index is 12.3. The van der Waals surface area contributed by atoms with Gasteiger partial charge in [-0.3, -0.25) is 0 Å². The molecule has 0 radical (unpaired) electrons. The van der Waals surface area contributed by atoms with Crippen molar-refractivity contribution in [2.75, 3.05) is 39.6 Å². The molecule has 7 heterocycles. The van der Waals surface area contributed by atoms with E-state index in [0.717, 1.165) is 24.8 Å². The third-order valence-electron chi connectivity index (χ3n) is 25.5. The molecule has 7 aliphatic heterocycles. The first-order valence-corrected chi connectivity index (χ1v) is 35.0. The summed E-state index contributed by atoms with van der Waals surface area (Å²) in [5.41, 5.74) is -2.14. The Morgan fingerprint density at radius 1 is 0.439 bits per heavy atom. The molecule has 4 aliphatic carbocycles. The summed E-state index contributed by atoms with van der Waals surface area (Å²) >= 11 is 0. The Hall–Kier alpha value is -1.54. The van der Waals surface area contributed by atoms with Crippen molar-refractivity contribution in [3.8, 4) is 0 Å². The molecule has 0 aromatic rings. The number of fused-ring (bicyclic) bond motifs is 8. The minimum absolute atomic E-state index is 0.00282. The third kappa shape index (κ3) is 13.9. The van der Waals surface area contributed by atoms with Gasteiger partial charge in [0, 0.05) is 5.41 Å². The fourth-order valence-electron chi connectivity index (χ4n) is 19.1. The molecule has 0 spiro atoms. The Kier molecular flexibility index (Phi) is 23.8. The Balaban J connectivity index is 0.836. The highest BCUT2D eigenvalue weighted by atomic mass is 16.8. The molecule has 2 bridgehead atoms. The quantitative estimate of drug-likeness (QED) is 0.0640. The molecular weight excluding hydrogens is 1300 g/mol. The second-order valence-corrected chi connectivity index (χ2v) is 31.6. The Labute approximate surface area is 568 Å². The molecule has 566 valence electrons. The van der Waals surface area contributed by atoms with E-state index in [1.54, 1.807) is 13.8 Å². The molecule has 98 heavy (non-hydrogen) atoms. The van der Waals surface area contributed by atoms with Gasteiger partial charge in [-0.2, -0.15) is 0 Å². The third-order valence-corrected chi connectivity index (χ3v) is 25.5. The highest BCUT2D eigenvalue weighted by Crippen LogP contribution is 2.75. The summed E-state index contributed by atoms with van der Waals surface area (Å²) < 4.78 is 73.9. The molecule has 7 saturated heterocycles. The van der Waals surface area contributed by atoms with Crippen LogP contribution < -0.4 is 0 Å². The lowest BCUT2D eigenvalue weighted by Crippen LogP contribution is -2.66. The Morgan fingerprint density at radius 3 is 1.51 bits per heavy atom. The summed E-state index contributed by atoms with van der Waals surface area (Å²) in [6.45, 7) is 10.2. The molecule has 0 aromatic heterocycles. The van der Waals surface area contributed by atoms with Gasteiger partial charge in [-0.1, -0.05) is 46.3 Å². The average molecular weight is 1420 g/mol. The van der Waals surface area contributed by atoms with E-state index in [4.69, 9.17) is 56.8 Å². The van der Waals surface area contributed by atoms with E-state index in [2.05, 4.69) is 26.8 Å². The van der Waals surface area contributed by atoms with E-state index in [-0.39, 0.29) is 41.4 Å². The molecule has 11 rings (SSSR count). The van der Waals surface area contributed by atoms with Crippen molar-refractivity contribution in [2.24, 2.45) is 45.3 Å². The zero-order valence-corrected chi connectivity index (χ0v) is 56.5. The van der Waals surface area contributed by atoms with Gasteiger partial charge in [0.15, 0.2) is 31.5 Å². The normalized spacial score (nSPS) is 54.0. The van der Waals surface area contributed by atoms with Crippen molar-refractivity contribution in [3.63, 3.8) is 0 Å². The summed E-state index contributed by atoms with van der Waals surface area (Å²) in [5.74, 6) is -0.699. The minimum atomic E-state index is -1.92. The van der Waals surface area contributed by atoms with E-state index in [1.807, 2.05) is 13.8 Å². The molecule has 11 aliphatic rings. The summed E-state index contributed by atoms with van der Waals surface area (Å²) in [4.78, 5) is 0. The molecular formula is C66H110O32. The number of hydrogen-bond donors (Lipinski definition) is 20. The summed E-state index contributed by atoms with van der Waals surface area (Å²) in [5, 5.41) is 219. The maximum Gasteiger partial charge on any atom is 0.187 e. The molecule has 0 aromatic carbocycles. The van der Waals surface area contributed by atoms with Gasteiger partial charge >= 0.3 is 0 Å². The van der Waals surface area contributed by atoms with E-state index in [1.165, 1.54) is 0 Å². The Morgan fingerprint density at radius 2 is 0.949 bits per heavy atom. The average Bonchev–Trinajstić information content (AvgIpc) is 1.37. The van der Waals surface area contributed by atoms with Crippen molar-refractivity contribution in [3.05, 3.63) is 11.6 Å². The van der Waals surface area contributed by atoms with Crippen LogP contribution in [0.15, 0.2) is 11.6 Å². The van der Waals surface area contributed by atoms with Gasteiger partial charge in [0.1, 0.15) is 146 Å².